The number of fused-ring (bicyclic) bond motifs is 1. The Hall–Kier alpha value is -1.40. The quantitative estimate of drug-likeness (QED) is 0.637. The molecule has 110 valence electrons. The van der Waals surface area contributed by atoms with Crippen molar-refractivity contribution in [1.82, 2.24) is 4.31 Å². The predicted octanol–water partition coefficient (Wildman–Crippen LogP) is 1.51. The minimum atomic E-state index is -3.52. The van der Waals surface area contributed by atoms with Crippen LogP contribution in [0.5, 0.6) is 0 Å². The average Bonchev–Trinajstić information content (AvgIpc) is 2.83. The van der Waals surface area contributed by atoms with Gasteiger partial charge in [-0.15, -0.1) is 0 Å². The van der Waals surface area contributed by atoms with Crippen LogP contribution in [0.15, 0.2) is 23.1 Å². The molecule has 0 saturated heterocycles. The lowest BCUT2D eigenvalue weighted by molar-refractivity contribution is 0.396. The van der Waals surface area contributed by atoms with Crippen molar-refractivity contribution in [2.75, 3.05) is 7.05 Å². The van der Waals surface area contributed by atoms with Crippen molar-refractivity contribution in [3.63, 3.8) is 0 Å². The van der Waals surface area contributed by atoms with E-state index < -0.39 is 10.0 Å². The van der Waals surface area contributed by atoms with Crippen molar-refractivity contribution in [1.29, 1.82) is 5.41 Å². The molecule has 1 aromatic carbocycles. The van der Waals surface area contributed by atoms with E-state index >= 15 is 0 Å². The van der Waals surface area contributed by atoms with Crippen molar-refractivity contribution in [2.45, 2.75) is 43.5 Å². The van der Waals surface area contributed by atoms with Crippen LogP contribution in [0.4, 0.5) is 0 Å². The summed E-state index contributed by atoms with van der Waals surface area (Å²) < 4.78 is 26.4. The van der Waals surface area contributed by atoms with Crippen molar-refractivity contribution in [3.05, 3.63) is 29.3 Å². The molecule has 0 aromatic heterocycles. The van der Waals surface area contributed by atoms with E-state index in [1.54, 1.807) is 19.1 Å². The number of nitrogens with one attached hydrogen (secondary N) is 1. The molecule has 0 fully saturated rings. The average molecular weight is 295 g/mol. The van der Waals surface area contributed by atoms with Gasteiger partial charge in [0.1, 0.15) is 0 Å². The topological polar surface area (TPSA) is 87.2 Å². The lowest BCUT2D eigenvalue weighted by Crippen LogP contribution is -2.37. The van der Waals surface area contributed by atoms with Gasteiger partial charge in [-0.25, -0.2) is 8.42 Å². The van der Waals surface area contributed by atoms with E-state index in [0.717, 1.165) is 24.8 Å². The molecule has 2 rings (SSSR count). The molecule has 1 unspecified atom stereocenters. The highest BCUT2D eigenvalue weighted by atomic mass is 32.2. The zero-order chi connectivity index (χ0) is 14.9. The number of benzene rings is 1. The summed E-state index contributed by atoms with van der Waals surface area (Å²) in [5, 5.41) is 7.28. The second kappa shape index (κ2) is 5.54. The van der Waals surface area contributed by atoms with Crippen molar-refractivity contribution in [2.24, 2.45) is 5.73 Å². The van der Waals surface area contributed by atoms with Gasteiger partial charge in [-0.05, 0) is 49.4 Å². The third kappa shape index (κ3) is 2.86. The van der Waals surface area contributed by atoms with E-state index in [1.165, 1.54) is 16.9 Å². The number of nitrogens with zero attached hydrogens (tertiary/aromatic N) is 1. The number of hydrogen-bond acceptors (Lipinski definition) is 3. The summed E-state index contributed by atoms with van der Waals surface area (Å²) in [4.78, 5) is 0.330. The van der Waals surface area contributed by atoms with E-state index in [-0.39, 0.29) is 18.3 Å². The minimum absolute atomic E-state index is 0.00602. The molecule has 0 radical (unpaired) electrons. The van der Waals surface area contributed by atoms with Gasteiger partial charge in [0, 0.05) is 19.5 Å². The van der Waals surface area contributed by atoms with Crippen LogP contribution in [0.2, 0.25) is 0 Å². The van der Waals surface area contributed by atoms with Crippen LogP contribution in [-0.2, 0) is 22.9 Å². The molecule has 6 heteroatoms. The number of rotatable bonds is 5. The number of amidine groups is 1. The molecule has 0 bridgehead atoms. The smallest absolute Gasteiger partial charge is 0.243 e. The highest BCUT2D eigenvalue weighted by molar-refractivity contribution is 7.89. The largest absolute Gasteiger partial charge is 0.388 e. The van der Waals surface area contributed by atoms with Crippen molar-refractivity contribution < 1.29 is 8.42 Å². The van der Waals surface area contributed by atoms with Gasteiger partial charge in [0.15, 0.2) is 0 Å². The normalized spacial score (nSPS) is 16.1. The first-order valence-electron chi connectivity index (χ1n) is 6.75. The summed E-state index contributed by atoms with van der Waals surface area (Å²) in [5.74, 6) is -0.00602. The molecular formula is C14H21N3O2S. The molecule has 5 nitrogen and oxygen atoms in total. The third-order valence-corrected chi connectivity index (χ3v) is 5.85. The maximum absolute atomic E-state index is 12.6. The molecule has 0 amide bonds. The van der Waals surface area contributed by atoms with Gasteiger partial charge in [0.05, 0.1) is 10.7 Å². The van der Waals surface area contributed by atoms with Crippen LogP contribution in [0.3, 0.4) is 0 Å². The van der Waals surface area contributed by atoms with E-state index in [2.05, 4.69) is 0 Å². The van der Waals surface area contributed by atoms with Gasteiger partial charge in [0.25, 0.3) is 0 Å². The first-order chi connectivity index (χ1) is 9.32. The van der Waals surface area contributed by atoms with Gasteiger partial charge < -0.3 is 5.73 Å². The van der Waals surface area contributed by atoms with Crippen molar-refractivity contribution in [3.8, 4) is 0 Å². The van der Waals surface area contributed by atoms with Crippen LogP contribution in [-0.4, -0.2) is 31.6 Å². The highest BCUT2D eigenvalue weighted by Crippen LogP contribution is 2.26. The Kier molecular flexibility index (Phi) is 4.15. The summed E-state index contributed by atoms with van der Waals surface area (Å²) in [6.07, 6.45) is 3.31. The molecule has 3 N–H and O–H groups in total. The van der Waals surface area contributed by atoms with Gasteiger partial charge in [-0.1, -0.05) is 6.07 Å². The number of nitrogens with two attached hydrogens (primary N) is 1. The van der Waals surface area contributed by atoms with Gasteiger partial charge in [-0.3, -0.25) is 5.41 Å². The monoisotopic (exact) mass is 295 g/mol. The van der Waals surface area contributed by atoms with Crippen molar-refractivity contribution >= 4 is 15.9 Å². The fourth-order valence-corrected chi connectivity index (χ4v) is 3.97. The minimum Gasteiger partial charge on any atom is -0.388 e. The number of aryl methyl sites for hydroxylation is 2. The van der Waals surface area contributed by atoms with Gasteiger partial charge >= 0.3 is 0 Å². The maximum atomic E-state index is 12.6. The molecule has 20 heavy (non-hydrogen) atoms. The zero-order valence-corrected chi connectivity index (χ0v) is 12.7. The van der Waals surface area contributed by atoms with Crippen LogP contribution in [0, 0.1) is 5.41 Å². The van der Waals surface area contributed by atoms with Gasteiger partial charge in [-0.2, -0.15) is 4.31 Å². The van der Waals surface area contributed by atoms with E-state index in [9.17, 15) is 8.42 Å². The van der Waals surface area contributed by atoms with E-state index in [0.29, 0.717) is 4.90 Å². The SMILES string of the molecule is CC(CC(=N)N)N(C)S(=O)(=O)c1ccc2c(c1)CCC2. The van der Waals surface area contributed by atoms with Crippen LogP contribution in [0.1, 0.15) is 30.9 Å². The Morgan fingerprint density at radius 1 is 1.40 bits per heavy atom. The Morgan fingerprint density at radius 3 is 2.70 bits per heavy atom. The number of hydrogen-bond donors (Lipinski definition) is 2. The van der Waals surface area contributed by atoms with E-state index in [4.69, 9.17) is 11.1 Å². The Morgan fingerprint density at radius 2 is 2.05 bits per heavy atom. The molecule has 1 aliphatic rings. The molecular weight excluding hydrogens is 274 g/mol. The van der Waals surface area contributed by atoms with Crippen LogP contribution >= 0.6 is 0 Å². The van der Waals surface area contributed by atoms with Crippen LogP contribution < -0.4 is 5.73 Å². The molecule has 0 heterocycles. The number of sulfonamides is 1. The lowest BCUT2D eigenvalue weighted by Gasteiger charge is -2.24. The molecule has 1 aromatic rings. The summed E-state index contributed by atoms with van der Waals surface area (Å²) in [6.45, 7) is 1.76. The second-order valence-electron chi connectivity index (χ2n) is 5.38. The third-order valence-electron chi connectivity index (χ3n) is 3.88. The van der Waals surface area contributed by atoms with Gasteiger partial charge in [0.2, 0.25) is 10.0 Å². The summed E-state index contributed by atoms with van der Waals surface area (Å²) in [7, 11) is -1.99. The predicted molar refractivity (Wildman–Crippen MR) is 79.4 cm³/mol. The van der Waals surface area contributed by atoms with E-state index in [1.807, 2.05) is 6.07 Å². The fraction of sp³-hybridized carbons (Fsp3) is 0.500. The summed E-state index contributed by atoms with van der Waals surface area (Å²) in [5.41, 5.74) is 7.74. The fourth-order valence-electron chi connectivity index (χ4n) is 2.56. The Balaban J connectivity index is 2.28. The molecule has 0 saturated carbocycles. The lowest BCUT2D eigenvalue weighted by atomic mass is 10.1. The standard InChI is InChI=1S/C14H21N3O2S/c1-10(8-14(15)16)17(2)20(18,19)13-7-6-11-4-3-5-12(11)9-13/h6-7,9-10H,3-5,8H2,1-2H3,(H3,15,16). The highest BCUT2D eigenvalue weighted by Gasteiger charge is 2.26. The summed E-state index contributed by atoms with van der Waals surface area (Å²) >= 11 is 0. The molecule has 1 atom stereocenters. The molecule has 0 spiro atoms. The zero-order valence-electron chi connectivity index (χ0n) is 11.9. The second-order valence-corrected chi connectivity index (χ2v) is 7.38. The molecule has 1 aliphatic carbocycles. The summed E-state index contributed by atoms with van der Waals surface area (Å²) in [6, 6.07) is 5.05. The maximum Gasteiger partial charge on any atom is 0.243 e. The first kappa shape index (κ1) is 15.0. The molecule has 0 aliphatic heterocycles. The Labute approximate surface area is 120 Å². The Bertz CT molecular complexity index is 625. The van der Waals surface area contributed by atoms with Crippen LogP contribution in [0.25, 0.3) is 0 Å². The first-order valence-corrected chi connectivity index (χ1v) is 8.19.